The van der Waals surface area contributed by atoms with Crippen LogP contribution < -0.4 is 5.43 Å². The van der Waals surface area contributed by atoms with E-state index in [9.17, 15) is 0 Å². The third-order valence-electron chi connectivity index (χ3n) is 1.13. The van der Waals surface area contributed by atoms with Crippen molar-refractivity contribution in [3.05, 3.63) is 23.9 Å². The second-order valence-corrected chi connectivity index (χ2v) is 2.12. The number of nitrogens with zero attached hydrogens (tertiary/aromatic N) is 2. The molecule has 0 aliphatic carbocycles. The predicted octanol–water partition coefficient (Wildman–Crippen LogP) is 0.797. The molecule has 0 aromatic carbocycles. The van der Waals surface area contributed by atoms with Gasteiger partial charge in [-0.3, -0.25) is 15.8 Å². The summed E-state index contributed by atoms with van der Waals surface area (Å²) in [5.74, 6) is 0.376. The van der Waals surface area contributed by atoms with Crippen molar-refractivity contribution in [2.75, 3.05) is 5.43 Å². The van der Waals surface area contributed by atoms with Gasteiger partial charge in [0.1, 0.15) is 5.82 Å². The molecule has 60 valence electrons. The summed E-state index contributed by atoms with van der Waals surface area (Å²) in [5, 5.41) is 16.5. The summed E-state index contributed by atoms with van der Waals surface area (Å²) in [7, 11) is 0. The minimum atomic E-state index is -0.141. The largest absolute Gasteiger partial charge is 0.271 e. The number of hydrogen-bond donors (Lipinski definition) is 3. The third kappa shape index (κ3) is 2.50. The highest BCUT2D eigenvalue weighted by Crippen LogP contribution is 2.02. The SMILES string of the molecule is Cc1ccc(NN(O)O)nc1. The lowest BCUT2D eigenvalue weighted by Crippen LogP contribution is -2.21. The Morgan fingerprint density at radius 2 is 2.18 bits per heavy atom. The van der Waals surface area contributed by atoms with E-state index in [1.54, 1.807) is 18.3 Å². The maximum atomic E-state index is 8.31. The fourth-order valence-electron chi connectivity index (χ4n) is 0.636. The van der Waals surface area contributed by atoms with Crippen LogP contribution >= 0.6 is 0 Å². The zero-order valence-electron chi connectivity index (χ0n) is 6.02. The Morgan fingerprint density at radius 1 is 1.45 bits per heavy atom. The predicted molar refractivity (Wildman–Crippen MR) is 38.0 cm³/mol. The molecule has 1 aromatic rings. The van der Waals surface area contributed by atoms with Gasteiger partial charge in [-0.05, 0) is 18.6 Å². The van der Waals surface area contributed by atoms with Crippen molar-refractivity contribution in [1.82, 2.24) is 10.3 Å². The Morgan fingerprint density at radius 3 is 2.64 bits per heavy atom. The molecule has 0 fully saturated rings. The van der Waals surface area contributed by atoms with E-state index < -0.39 is 0 Å². The third-order valence-corrected chi connectivity index (χ3v) is 1.13. The van der Waals surface area contributed by atoms with E-state index in [1.165, 1.54) is 0 Å². The van der Waals surface area contributed by atoms with Crippen LogP contribution in [0.4, 0.5) is 5.82 Å². The number of rotatable bonds is 2. The second-order valence-electron chi connectivity index (χ2n) is 2.12. The molecule has 1 heterocycles. The quantitative estimate of drug-likeness (QED) is 0.551. The molecular weight excluding hydrogens is 146 g/mol. The van der Waals surface area contributed by atoms with Crippen LogP contribution in [0.5, 0.6) is 0 Å². The maximum Gasteiger partial charge on any atom is 0.143 e. The molecule has 0 aliphatic rings. The zero-order chi connectivity index (χ0) is 8.27. The van der Waals surface area contributed by atoms with Gasteiger partial charge in [-0.15, -0.1) is 0 Å². The van der Waals surface area contributed by atoms with Gasteiger partial charge in [-0.2, -0.15) is 0 Å². The fraction of sp³-hybridized carbons (Fsp3) is 0.167. The summed E-state index contributed by atoms with van der Waals surface area (Å²) in [6.07, 6.45) is 1.62. The number of aryl methyl sites for hydroxylation is 1. The highest BCUT2D eigenvalue weighted by atomic mass is 16.8. The first-order valence-corrected chi connectivity index (χ1v) is 3.05. The van der Waals surface area contributed by atoms with Crippen molar-refractivity contribution in [3.63, 3.8) is 0 Å². The second kappa shape index (κ2) is 3.29. The minimum Gasteiger partial charge on any atom is -0.271 e. The van der Waals surface area contributed by atoms with E-state index >= 15 is 0 Å². The van der Waals surface area contributed by atoms with Gasteiger partial charge in [0, 0.05) is 11.5 Å². The van der Waals surface area contributed by atoms with Crippen molar-refractivity contribution in [1.29, 1.82) is 0 Å². The highest BCUT2D eigenvalue weighted by molar-refractivity contribution is 5.33. The van der Waals surface area contributed by atoms with Crippen LogP contribution in [0.15, 0.2) is 18.3 Å². The molecule has 0 amide bonds. The van der Waals surface area contributed by atoms with Crippen LogP contribution in [-0.2, 0) is 0 Å². The Bertz CT molecular complexity index is 222. The first kappa shape index (κ1) is 7.93. The van der Waals surface area contributed by atoms with Gasteiger partial charge in [0.05, 0.1) is 0 Å². The average molecular weight is 155 g/mol. The molecule has 0 saturated carbocycles. The van der Waals surface area contributed by atoms with E-state index in [1.807, 2.05) is 6.92 Å². The molecule has 0 bridgehead atoms. The molecule has 0 aliphatic heterocycles. The van der Waals surface area contributed by atoms with Crippen molar-refractivity contribution >= 4 is 5.82 Å². The molecule has 0 unspecified atom stereocenters. The smallest absolute Gasteiger partial charge is 0.143 e. The van der Waals surface area contributed by atoms with Crippen molar-refractivity contribution < 1.29 is 10.4 Å². The summed E-state index contributed by atoms with van der Waals surface area (Å²) in [5.41, 5.74) is 3.18. The monoisotopic (exact) mass is 155 g/mol. The first-order chi connectivity index (χ1) is 5.18. The van der Waals surface area contributed by atoms with Gasteiger partial charge in [0.2, 0.25) is 0 Å². The summed E-state index contributed by atoms with van der Waals surface area (Å²) >= 11 is 0. The number of hydrogen-bond acceptors (Lipinski definition) is 5. The minimum absolute atomic E-state index is 0.141. The van der Waals surface area contributed by atoms with Gasteiger partial charge in [0.15, 0.2) is 0 Å². The van der Waals surface area contributed by atoms with Gasteiger partial charge < -0.3 is 0 Å². The summed E-state index contributed by atoms with van der Waals surface area (Å²) in [4.78, 5) is 3.85. The molecule has 0 saturated heterocycles. The van der Waals surface area contributed by atoms with Gasteiger partial charge >= 0.3 is 0 Å². The molecular formula is C6H9N3O2. The fourth-order valence-corrected chi connectivity index (χ4v) is 0.636. The molecule has 0 spiro atoms. The maximum absolute atomic E-state index is 8.31. The topological polar surface area (TPSA) is 68.6 Å². The van der Waals surface area contributed by atoms with Crippen molar-refractivity contribution in [3.8, 4) is 0 Å². The Balaban J connectivity index is 2.66. The Kier molecular flexibility index (Phi) is 2.37. The number of anilines is 1. The van der Waals surface area contributed by atoms with Crippen LogP contribution in [0, 0.1) is 6.92 Å². The number of hydrazine groups is 1. The number of pyridine rings is 1. The van der Waals surface area contributed by atoms with E-state index in [0.29, 0.717) is 5.82 Å². The lowest BCUT2D eigenvalue weighted by molar-refractivity contribution is -0.288. The van der Waals surface area contributed by atoms with Gasteiger partial charge in [0.25, 0.3) is 0 Å². The highest BCUT2D eigenvalue weighted by Gasteiger charge is 1.94. The van der Waals surface area contributed by atoms with Crippen LogP contribution in [0.1, 0.15) is 5.56 Å². The zero-order valence-corrected chi connectivity index (χ0v) is 6.02. The van der Waals surface area contributed by atoms with E-state index in [2.05, 4.69) is 10.4 Å². The van der Waals surface area contributed by atoms with E-state index in [-0.39, 0.29) is 5.34 Å². The lowest BCUT2D eigenvalue weighted by Gasteiger charge is -2.07. The standard InChI is InChI=1S/C6H9N3O2/c1-5-2-3-6(7-4-5)8-9(10)11/h2-4,10-11H,1H3,(H,7,8). The molecule has 1 rings (SSSR count). The van der Waals surface area contributed by atoms with Crippen molar-refractivity contribution in [2.45, 2.75) is 6.92 Å². The first-order valence-electron chi connectivity index (χ1n) is 3.05. The summed E-state index contributed by atoms with van der Waals surface area (Å²) in [6.45, 7) is 1.90. The Hall–Kier alpha value is -1.17. The lowest BCUT2D eigenvalue weighted by atomic mass is 10.3. The van der Waals surface area contributed by atoms with E-state index in [4.69, 9.17) is 10.4 Å². The molecule has 1 aromatic heterocycles. The van der Waals surface area contributed by atoms with Crippen LogP contribution in [0.2, 0.25) is 0 Å². The van der Waals surface area contributed by atoms with E-state index in [0.717, 1.165) is 5.56 Å². The summed E-state index contributed by atoms with van der Waals surface area (Å²) in [6, 6.07) is 3.44. The summed E-state index contributed by atoms with van der Waals surface area (Å²) < 4.78 is 0. The van der Waals surface area contributed by atoms with Gasteiger partial charge in [-0.25, -0.2) is 4.98 Å². The number of aromatic nitrogens is 1. The van der Waals surface area contributed by atoms with Crippen LogP contribution in [-0.4, -0.2) is 20.7 Å². The molecule has 0 radical (unpaired) electrons. The normalized spacial score (nSPS) is 10.2. The average Bonchev–Trinajstić information content (AvgIpc) is 1.93. The molecule has 5 nitrogen and oxygen atoms in total. The Labute approximate surface area is 63.8 Å². The van der Waals surface area contributed by atoms with Crippen molar-refractivity contribution in [2.24, 2.45) is 0 Å². The molecule has 11 heavy (non-hydrogen) atoms. The van der Waals surface area contributed by atoms with Gasteiger partial charge in [-0.1, -0.05) is 6.07 Å². The molecule has 0 atom stereocenters. The molecule has 5 heteroatoms. The van der Waals surface area contributed by atoms with Crippen LogP contribution in [0.3, 0.4) is 0 Å². The number of nitrogens with one attached hydrogen (secondary N) is 1. The van der Waals surface area contributed by atoms with Crippen LogP contribution in [0.25, 0.3) is 0 Å². The molecule has 3 N–H and O–H groups in total.